The zero-order valence-electron chi connectivity index (χ0n) is 17.7. The highest BCUT2D eigenvalue weighted by molar-refractivity contribution is 6.11. The van der Waals surface area contributed by atoms with Gasteiger partial charge in [0.1, 0.15) is 23.2 Å². The van der Waals surface area contributed by atoms with E-state index in [9.17, 15) is 22.0 Å². The normalized spacial score (nSPS) is 18.2. The molecule has 0 amide bonds. The molecule has 2 aliphatic heterocycles. The van der Waals surface area contributed by atoms with Crippen LogP contribution in [0.3, 0.4) is 0 Å². The molecule has 32 heavy (non-hydrogen) atoms. The van der Waals surface area contributed by atoms with Crippen molar-refractivity contribution >= 4 is 29.2 Å². The Kier molecular flexibility index (Phi) is 5.21. The Morgan fingerprint density at radius 1 is 1.12 bits per heavy atom. The number of hydrogen-bond donors (Lipinski definition) is 2. The van der Waals surface area contributed by atoms with Crippen molar-refractivity contribution in [2.75, 3.05) is 23.3 Å². The van der Waals surface area contributed by atoms with E-state index < -0.39 is 24.2 Å². The average molecular weight is 451 g/mol. The predicted molar refractivity (Wildman–Crippen MR) is 111 cm³/mol. The predicted octanol–water partition coefficient (Wildman–Crippen LogP) is 3.88. The van der Waals surface area contributed by atoms with E-state index in [0.717, 1.165) is 29.6 Å². The summed E-state index contributed by atoms with van der Waals surface area (Å²) in [4.78, 5) is 12.8. The molecular formula is C22H22F5N5. The molecule has 2 aliphatic rings. The van der Waals surface area contributed by atoms with Gasteiger partial charge in [-0.1, -0.05) is 38.5 Å². The lowest BCUT2D eigenvalue weighted by atomic mass is 9.84. The van der Waals surface area contributed by atoms with Crippen molar-refractivity contribution in [1.29, 1.82) is 0 Å². The molecule has 2 aromatic heterocycles. The zero-order chi connectivity index (χ0) is 23.3. The van der Waals surface area contributed by atoms with Crippen LogP contribution in [0.15, 0.2) is 36.2 Å². The summed E-state index contributed by atoms with van der Waals surface area (Å²) in [5.41, 5.74) is 1.30. The molecule has 1 saturated heterocycles. The molecular weight excluding hydrogens is 429 g/mol. The quantitative estimate of drug-likeness (QED) is 0.547. The molecule has 170 valence electrons. The molecule has 2 N–H and O–H groups in total. The molecule has 4 heterocycles. The summed E-state index contributed by atoms with van der Waals surface area (Å²) in [7, 11) is 0. The van der Waals surface area contributed by atoms with Crippen molar-refractivity contribution in [3.8, 4) is 0 Å². The van der Waals surface area contributed by atoms with Gasteiger partial charge in [-0.05, 0) is 17.7 Å². The second kappa shape index (κ2) is 7.53. The van der Waals surface area contributed by atoms with E-state index in [-0.39, 0.29) is 30.0 Å². The highest BCUT2D eigenvalue weighted by atomic mass is 19.4. The first-order valence-corrected chi connectivity index (χ1v) is 10.0. The summed E-state index contributed by atoms with van der Waals surface area (Å²) in [6.45, 7) is 5.71. The van der Waals surface area contributed by atoms with Gasteiger partial charge in [0.25, 0.3) is 5.92 Å². The monoisotopic (exact) mass is 451 g/mol. The minimum Gasteiger partial charge on any atom is -0.351 e. The summed E-state index contributed by atoms with van der Waals surface area (Å²) in [5.74, 6) is -2.36. The van der Waals surface area contributed by atoms with Gasteiger partial charge in [0.05, 0.1) is 12.1 Å². The number of aromatic nitrogens is 2. The van der Waals surface area contributed by atoms with Gasteiger partial charge in [0.2, 0.25) is 0 Å². The van der Waals surface area contributed by atoms with Gasteiger partial charge in [-0.15, -0.1) is 0 Å². The number of rotatable bonds is 4. The number of hydrogen-bond acceptors (Lipinski definition) is 4. The topological polar surface area (TPSA) is 55.0 Å². The number of alkyl halides is 5. The van der Waals surface area contributed by atoms with Crippen LogP contribution in [0, 0.1) is 5.41 Å². The maximum Gasteiger partial charge on any atom is 0.416 e. The van der Waals surface area contributed by atoms with Gasteiger partial charge >= 0.3 is 6.18 Å². The molecule has 0 unspecified atom stereocenters. The van der Waals surface area contributed by atoms with E-state index in [1.807, 2.05) is 20.8 Å². The van der Waals surface area contributed by atoms with Crippen molar-refractivity contribution in [1.82, 2.24) is 9.97 Å². The van der Waals surface area contributed by atoms with Crippen LogP contribution in [0.5, 0.6) is 0 Å². The third-order valence-corrected chi connectivity index (χ3v) is 5.25. The van der Waals surface area contributed by atoms with Crippen molar-refractivity contribution < 1.29 is 26.9 Å². The number of nitrogens with one attached hydrogen (secondary N) is 2. The third-order valence-electron chi connectivity index (χ3n) is 5.25. The van der Waals surface area contributed by atoms with E-state index in [1.54, 1.807) is 12.1 Å². The Balaban J connectivity index is 1.73. The van der Waals surface area contributed by atoms with E-state index >= 15 is 0 Å². The smallest absolute Gasteiger partial charge is 0.351 e. The van der Waals surface area contributed by atoms with Crippen molar-refractivity contribution in [3.05, 3.63) is 47.3 Å². The average Bonchev–Trinajstić information content (AvgIpc) is 2.99. The minimum absolute atomic E-state index is 0.0492. The first kappa shape index (κ1) is 22.2. The maximum absolute atomic E-state index is 13.8. The minimum atomic E-state index is -4.52. The molecule has 0 saturated carbocycles. The largest absolute Gasteiger partial charge is 0.416 e. The Morgan fingerprint density at radius 3 is 2.44 bits per heavy atom. The second-order valence-corrected chi connectivity index (χ2v) is 8.93. The number of pyridine rings is 2. The van der Waals surface area contributed by atoms with E-state index in [2.05, 4.69) is 26.5 Å². The molecule has 1 fully saturated rings. The summed E-state index contributed by atoms with van der Waals surface area (Å²) in [6, 6.07) is 5.09. The summed E-state index contributed by atoms with van der Waals surface area (Å²) >= 11 is 0. The van der Waals surface area contributed by atoms with Crippen molar-refractivity contribution in [3.63, 3.8) is 0 Å². The van der Waals surface area contributed by atoms with Crippen LogP contribution in [0.25, 0.3) is 5.57 Å². The number of halogens is 5. The van der Waals surface area contributed by atoms with Gasteiger partial charge in [0, 0.05) is 24.6 Å². The fraction of sp³-hybridized carbons (Fsp3) is 0.409. The Labute approximate surface area is 182 Å². The lowest BCUT2D eigenvalue weighted by Crippen LogP contribution is -2.76. The molecule has 0 aromatic carbocycles. The molecule has 0 radical (unpaired) electrons. The first-order chi connectivity index (χ1) is 14.8. The van der Waals surface area contributed by atoms with Crippen LogP contribution in [0.4, 0.5) is 39.4 Å². The highest BCUT2D eigenvalue weighted by Crippen LogP contribution is 2.35. The van der Waals surface area contributed by atoms with Gasteiger partial charge < -0.3 is 10.2 Å². The maximum atomic E-state index is 13.8. The van der Waals surface area contributed by atoms with Crippen LogP contribution in [-0.2, 0) is 6.18 Å². The molecule has 0 spiro atoms. The number of nitrogens with zero attached hydrogens (tertiary/aromatic N) is 3. The molecule has 10 heteroatoms. The second-order valence-electron chi connectivity index (χ2n) is 8.93. The molecule has 5 nitrogen and oxygen atoms in total. The van der Waals surface area contributed by atoms with Crippen LogP contribution >= 0.6 is 0 Å². The van der Waals surface area contributed by atoms with Gasteiger partial charge in [-0.2, -0.15) is 13.2 Å². The van der Waals surface area contributed by atoms with Crippen molar-refractivity contribution in [2.45, 2.75) is 39.3 Å². The van der Waals surface area contributed by atoms with Gasteiger partial charge in [-0.3, -0.25) is 4.99 Å². The zero-order valence-corrected chi connectivity index (χ0v) is 17.7. The standard InChI is InChI=1S/C22H22F5N5/c1-20(2,3)19-15(11-29-19)13-8-17(30-16-10-14(4-6-28-16)22(25,26)27)31-18(9-13)32-7-5-21(23,24)12-32/h4,6,8-10,29H,5,7,12H2,1-3H3,(H,28,30,31). The third kappa shape index (κ3) is 4.58. The summed E-state index contributed by atoms with van der Waals surface area (Å²) in [6.07, 6.45) is -0.738. The number of allylic oxidation sites excluding steroid dienone is 2. The van der Waals surface area contributed by atoms with Gasteiger partial charge in [0.15, 0.2) is 6.21 Å². The SMILES string of the molecule is CC(C)(C)C1=C(c2cc(Nc3cc(C(F)(F)F)ccn3)nc(N3CCC(F)(F)C3)c2)[C-]=[NH+]1. The summed E-state index contributed by atoms with van der Waals surface area (Å²) < 4.78 is 66.8. The molecule has 0 bridgehead atoms. The molecule has 2 aromatic rings. The van der Waals surface area contributed by atoms with E-state index in [1.165, 1.54) is 4.90 Å². The fourth-order valence-electron chi connectivity index (χ4n) is 3.59. The first-order valence-electron chi connectivity index (χ1n) is 10.0. The molecule has 4 rings (SSSR count). The number of anilines is 3. The van der Waals surface area contributed by atoms with Crippen LogP contribution < -0.4 is 15.2 Å². The van der Waals surface area contributed by atoms with Crippen molar-refractivity contribution in [2.24, 2.45) is 5.41 Å². The lowest BCUT2D eigenvalue weighted by Gasteiger charge is -2.27. The fourth-order valence-corrected chi connectivity index (χ4v) is 3.59. The molecule has 0 atom stereocenters. The Bertz CT molecular complexity index is 1100. The Morgan fingerprint density at radius 2 is 1.88 bits per heavy atom. The van der Waals surface area contributed by atoms with E-state index in [0.29, 0.717) is 11.4 Å². The summed E-state index contributed by atoms with van der Waals surface area (Å²) in [5, 5.41) is 2.79. The van der Waals surface area contributed by atoms with Crippen LogP contribution in [0.1, 0.15) is 38.3 Å². The van der Waals surface area contributed by atoms with Gasteiger partial charge in [-0.25, -0.2) is 18.7 Å². The van der Waals surface area contributed by atoms with Crippen LogP contribution in [-0.4, -0.2) is 35.2 Å². The highest BCUT2D eigenvalue weighted by Gasteiger charge is 2.39. The van der Waals surface area contributed by atoms with Crippen LogP contribution in [0.2, 0.25) is 0 Å². The Hall–Kier alpha value is -3.04. The van der Waals surface area contributed by atoms with E-state index in [4.69, 9.17) is 0 Å². The lowest BCUT2D eigenvalue weighted by molar-refractivity contribution is -0.416. The molecule has 0 aliphatic carbocycles.